The van der Waals surface area contributed by atoms with E-state index in [-0.39, 0.29) is 0 Å². The first-order valence-corrected chi connectivity index (χ1v) is 3.49. The second-order valence-corrected chi connectivity index (χ2v) is 2.55. The van der Waals surface area contributed by atoms with Crippen molar-refractivity contribution in [1.82, 2.24) is 9.97 Å². The quantitative estimate of drug-likeness (QED) is 0.610. The topological polar surface area (TPSA) is 37.8 Å². The van der Waals surface area contributed by atoms with E-state index in [1.807, 2.05) is 0 Å². The highest BCUT2D eigenvalue weighted by Crippen LogP contribution is 2.17. The van der Waals surface area contributed by atoms with Gasteiger partial charge in [-0.1, -0.05) is 11.6 Å². The van der Waals surface area contributed by atoms with Gasteiger partial charge in [0, 0.05) is 13.0 Å². The first kappa shape index (κ1) is 5.92. The van der Waals surface area contributed by atoms with Crippen molar-refractivity contribution in [2.45, 2.75) is 6.42 Å². The Hall–Kier alpha value is -0.830. The Labute approximate surface area is 63.4 Å². The predicted molar refractivity (Wildman–Crippen MR) is 39.2 cm³/mol. The summed E-state index contributed by atoms with van der Waals surface area (Å²) in [5.41, 5.74) is 0.979. The molecule has 0 radical (unpaired) electrons. The van der Waals surface area contributed by atoms with Crippen molar-refractivity contribution >= 4 is 17.4 Å². The van der Waals surface area contributed by atoms with E-state index in [1.54, 1.807) is 6.20 Å². The molecule has 1 aromatic heterocycles. The summed E-state index contributed by atoms with van der Waals surface area (Å²) < 4.78 is 0. The van der Waals surface area contributed by atoms with Crippen molar-refractivity contribution in [2.75, 3.05) is 11.9 Å². The first-order valence-electron chi connectivity index (χ1n) is 3.11. The van der Waals surface area contributed by atoms with Crippen LogP contribution in [0.25, 0.3) is 0 Å². The highest BCUT2D eigenvalue weighted by Gasteiger charge is 2.11. The fourth-order valence-electron chi connectivity index (χ4n) is 1.02. The molecule has 1 aliphatic heterocycles. The molecule has 2 rings (SSSR count). The number of hydrogen-bond acceptors (Lipinski definition) is 3. The number of nitrogens with zero attached hydrogens (tertiary/aromatic N) is 2. The summed E-state index contributed by atoms with van der Waals surface area (Å²) in [6.45, 7) is 0.926. The second-order valence-electron chi connectivity index (χ2n) is 2.16. The van der Waals surface area contributed by atoms with E-state index in [4.69, 9.17) is 11.6 Å². The molecule has 0 spiro atoms. The van der Waals surface area contributed by atoms with E-state index < -0.39 is 0 Å². The molecule has 52 valence electrons. The summed E-state index contributed by atoms with van der Waals surface area (Å²) in [5.74, 6) is 0.879. The van der Waals surface area contributed by atoms with Gasteiger partial charge in [0.1, 0.15) is 11.0 Å². The van der Waals surface area contributed by atoms with Gasteiger partial charge in [-0.2, -0.15) is 0 Å². The number of nitrogens with one attached hydrogen (secondary N) is 1. The number of anilines is 1. The van der Waals surface area contributed by atoms with Crippen LogP contribution in [-0.2, 0) is 6.42 Å². The molecule has 10 heavy (non-hydrogen) atoms. The van der Waals surface area contributed by atoms with E-state index in [0.29, 0.717) is 5.15 Å². The maximum absolute atomic E-state index is 5.62. The summed E-state index contributed by atoms with van der Waals surface area (Å²) >= 11 is 5.62. The van der Waals surface area contributed by atoms with Crippen molar-refractivity contribution in [3.63, 3.8) is 0 Å². The molecule has 1 aromatic rings. The summed E-state index contributed by atoms with van der Waals surface area (Å²) in [7, 11) is 0. The Kier molecular flexibility index (Phi) is 1.24. The summed E-state index contributed by atoms with van der Waals surface area (Å²) in [4.78, 5) is 8.15. The van der Waals surface area contributed by atoms with Crippen LogP contribution in [-0.4, -0.2) is 16.5 Å². The molecule has 0 aromatic carbocycles. The molecule has 4 heteroatoms. The van der Waals surface area contributed by atoms with Gasteiger partial charge in [0.2, 0.25) is 0 Å². The van der Waals surface area contributed by atoms with Crippen LogP contribution in [0.4, 0.5) is 5.82 Å². The second kappa shape index (κ2) is 2.09. The lowest BCUT2D eigenvalue weighted by Gasteiger charge is -1.95. The van der Waals surface area contributed by atoms with Gasteiger partial charge in [0.15, 0.2) is 0 Å². The van der Waals surface area contributed by atoms with Gasteiger partial charge in [-0.05, 0) is 0 Å². The largest absolute Gasteiger partial charge is 0.368 e. The van der Waals surface area contributed by atoms with Crippen LogP contribution in [0.1, 0.15) is 5.69 Å². The Morgan fingerprint density at radius 3 is 3.40 bits per heavy atom. The van der Waals surface area contributed by atoms with Crippen LogP contribution in [0.3, 0.4) is 0 Å². The molecule has 0 fully saturated rings. The van der Waals surface area contributed by atoms with E-state index in [0.717, 1.165) is 24.5 Å². The molecule has 0 saturated carbocycles. The Balaban J connectivity index is 2.52. The lowest BCUT2D eigenvalue weighted by Crippen LogP contribution is -1.92. The van der Waals surface area contributed by atoms with Crippen LogP contribution in [0.15, 0.2) is 6.20 Å². The molecule has 0 unspecified atom stereocenters. The highest BCUT2D eigenvalue weighted by atomic mass is 35.5. The zero-order valence-electron chi connectivity index (χ0n) is 5.26. The molecule has 0 bridgehead atoms. The van der Waals surface area contributed by atoms with Crippen molar-refractivity contribution in [2.24, 2.45) is 0 Å². The van der Waals surface area contributed by atoms with Crippen LogP contribution in [0.5, 0.6) is 0 Å². The lowest BCUT2D eigenvalue weighted by atomic mass is 10.4. The fourth-order valence-corrected chi connectivity index (χ4v) is 1.18. The van der Waals surface area contributed by atoms with E-state index in [9.17, 15) is 0 Å². The third kappa shape index (κ3) is 0.827. The van der Waals surface area contributed by atoms with Gasteiger partial charge in [0.05, 0.1) is 11.9 Å². The standard InChI is InChI=1S/C6H6ClN3/c7-5-3-9-6-4(10-5)1-2-8-6/h3H,1-2H2,(H,8,9). The summed E-state index contributed by atoms with van der Waals surface area (Å²) in [6, 6.07) is 0. The zero-order valence-corrected chi connectivity index (χ0v) is 6.02. The smallest absolute Gasteiger partial charge is 0.147 e. The third-order valence-corrected chi connectivity index (χ3v) is 1.65. The minimum Gasteiger partial charge on any atom is -0.368 e. The number of aromatic nitrogens is 2. The first-order chi connectivity index (χ1) is 4.86. The number of hydrogen-bond donors (Lipinski definition) is 1. The maximum Gasteiger partial charge on any atom is 0.147 e. The van der Waals surface area contributed by atoms with Crippen molar-refractivity contribution in [1.29, 1.82) is 0 Å². The van der Waals surface area contributed by atoms with Gasteiger partial charge in [-0.3, -0.25) is 0 Å². The van der Waals surface area contributed by atoms with Crippen LogP contribution >= 0.6 is 11.6 Å². The van der Waals surface area contributed by atoms with Crippen molar-refractivity contribution < 1.29 is 0 Å². The molecule has 0 amide bonds. The van der Waals surface area contributed by atoms with Gasteiger partial charge >= 0.3 is 0 Å². The molecule has 0 aliphatic carbocycles. The molecular formula is C6H6ClN3. The summed E-state index contributed by atoms with van der Waals surface area (Å²) in [5, 5.41) is 3.57. The fraction of sp³-hybridized carbons (Fsp3) is 0.333. The molecule has 0 atom stereocenters. The molecule has 3 nitrogen and oxygen atoms in total. The molecule has 1 aliphatic rings. The Morgan fingerprint density at radius 2 is 2.50 bits per heavy atom. The summed E-state index contributed by atoms with van der Waals surface area (Å²) in [6.07, 6.45) is 2.49. The highest BCUT2D eigenvalue weighted by molar-refractivity contribution is 6.29. The zero-order chi connectivity index (χ0) is 6.97. The van der Waals surface area contributed by atoms with Crippen LogP contribution in [0.2, 0.25) is 5.15 Å². The van der Waals surface area contributed by atoms with Crippen LogP contribution in [0, 0.1) is 0 Å². The van der Waals surface area contributed by atoms with Gasteiger partial charge < -0.3 is 5.32 Å². The van der Waals surface area contributed by atoms with E-state index in [1.165, 1.54) is 0 Å². The normalized spacial score (nSPS) is 14.5. The van der Waals surface area contributed by atoms with Gasteiger partial charge in [-0.25, -0.2) is 9.97 Å². The maximum atomic E-state index is 5.62. The molecule has 2 heterocycles. The third-order valence-electron chi connectivity index (χ3n) is 1.47. The monoisotopic (exact) mass is 155 g/mol. The Bertz CT molecular complexity index is 261. The number of halogens is 1. The molecule has 1 N–H and O–H groups in total. The molecular weight excluding hydrogens is 150 g/mol. The van der Waals surface area contributed by atoms with E-state index in [2.05, 4.69) is 15.3 Å². The average Bonchev–Trinajstić information content (AvgIpc) is 2.33. The van der Waals surface area contributed by atoms with Gasteiger partial charge in [0.25, 0.3) is 0 Å². The SMILES string of the molecule is Clc1cnc2c(n1)CCN2. The number of fused-ring (bicyclic) bond motifs is 1. The van der Waals surface area contributed by atoms with E-state index >= 15 is 0 Å². The Morgan fingerprint density at radius 1 is 1.60 bits per heavy atom. The minimum atomic E-state index is 0.474. The van der Waals surface area contributed by atoms with Crippen LogP contribution < -0.4 is 5.32 Å². The number of rotatable bonds is 0. The van der Waals surface area contributed by atoms with Gasteiger partial charge in [-0.15, -0.1) is 0 Å². The minimum absolute atomic E-state index is 0.474. The molecule has 0 saturated heterocycles. The predicted octanol–water partition coefficient (Wildman–Crippen LogP) is 1.10. The van der Waals surface area contributed by atoms with Crippen molar-refractivity contribution in [3.8, 4) is 0 Å². The van der Waals surface area contributed by atoms with Crippen molar-refractivity contribution in [3.05, 3.63) is 17.0 Å². The average molecular weight is 156 g/mol. The lowest BCUT2D eigenvalue weighted by molar-refractivity contribution is 1.04.